The number of anilines is 1. The maximum absolute atomic E-state index is 13.7. The van der Waals surface area contributed by atoms with E-state index in [0.717, 1.165) is 52.8 Å². The molecular weight excluding hydrogens is 436 g/mol. The maximum Gasteiger partial charge on any atom is 0.254 e. The van der Waals surface area contributed by atoms with Crippen molar-refractivity contribution in [2.75, 3.05) is 4.90 Å². The first-order valence-electron chi connectivity index (χ1n) is 12.8. The lowest BCUT2D eigenvalue weighted by molar-refractivity contribution is 0.312. The highest BCUT2D eigenvalue weighted by molar-refractivity contribution is 5.85. The van der Waals surface area contributed by atoms with Gasteiger partial charge >= 0.3 is 0 Å². The van der Waals surface area contributed by atoms with Crippen LogP contribution in [0, 0.1) is 13.8 Å². The summed E-state index contributed by atoms with van der Waals surface area (Å²) >= 11 is 0. The van der Waals surface area contributed by atoms with Gasteiger partial charge in [0.25, 0.3) is 5.56 Å². The van der Waals surface area contributed by atoms with Gasteiger partial charge in [-0.15, -0.1) is 5.10 Å². The Labute approximate surface area is 205 Å². The molecule has 2 aromatic heterocycles. The first-order chi connectivity index (χ1) is 17.0. The van der Waals surface area contributed by atoms with Crippen LogP contribution >= 0.6 is 0 Å². The largest absolute Gasteiger partial charge is 0.354 e. The van der Waals surface area contributed by atoms with Crippen molar-refractivity contribution >= 4 is 16.6 Å². The van der Waals surface area contributed by atoms with Crippen LogP contribution < -0.4 is 10.5 Å². The smallest absolute Gasteiger partial charge is 0.254 e. The highest BCUT2D eigenvalue weighted by Gasteiger charge is 2.39. The lowest BCUT2D eigenvalue weighted by atomic mass is 9.94. The summed E-state index contributed by atoms with van der Waals surface area (Å²) in [4.78, 5) is 19.3. The minimum Gasteiger partial charge on any atom is -0.354 e. The summed E-state index contributed by atoms with van der Waals surface area (Å²) in [6.07, 6.45) is 6.71. The molecule has 1 N–H and O–H groups in total. The van der Waals surface area contributed by atoms with Crippen molar-refractivity contribution in [1.82, 2.24) is 25.2 Å². The van der Waals surface area contributed by atoms with Gasteiger partial charge in [-0.1, -0.05) is 49.6 Å². The van der Waals surface area contributed by atoms with Crippen LogP contribution in [-0.2, 0) is 6.42 Å². The Morgan fingerprint density at radius 2 is 1.80 bits per heavy atom. The molecule has 0 saturated heterocycles. The van der Waals surface area contributed by atoms with Gasteiger partial charge in [-0.25, -0.2) is 4.68 Å². The van der Waals surface area contributed by atoms with E-state index in [1.165, 1.54) is 24.8 Å². The molecule has 0 unspecified atom stereocenters. The molecule has 1 aliphatic carbocycles. The number of aromatic amines is 1. The van der Waals surface area contributed by atoms with Crippen molar-refractivity contribution in [1.29, 1.82) is 0 Å². The topological polar surface area (TPSA) is 79.7 Å². The average molecular weight is 469 g/mol. The van der Waals surface area contributed by atoms with Crippen molar-refractivity contribution in [2.24, 2.45) is 0 Å². The molecule has 0 amide bonds. The zero-order valence-electron chi connectivity index (χ0n) is 20.7. The fourth-order valence-electron chi connectivity index (χ4n) is 6.16. The lowest BCUT2D eigenvalue weighted by Gasteiger charge is -2.34. The van der Waals surface area contributed by atoms with E-state index < -0.39 is 0 Å². The molecule has 1 saturated carbocycles. The zero-order chi connectivity index (χ0) is 24.1. The second-order valence-electron chi connectivity index (χ2n) is 10.3. The molecule has 180 valence electrons. The molecule has 7 heteroatoms. The first-order valence-corrected chi connectivity index (χ1v) is 12.8. The van der Waals surface area contributed by atoms with Gasteiger partial charge in [0.2, 0.25) is 0 Å². The number of nitrogens with zero attached hydrogens (tertiary/aromatic N) is 5. The number of fused-ring (bicyclic) bond motifs is 2. The molecule has 4 aromatic rings. The first kappa shape index (κ1) is 22.0. The van der Waals surface area contributed by atoms with Gasteiger partial charge in [-0.2, -0.15) is 0 Å². The Balaban J connectivity index is 1.59. The number of H-pyrrole nitrogens is 1. The molecule has 2 atom stereocenters. The summed E-state index contributed by atoms with van der Waals surface area (Å²) in [5, 5.41) is 14.3. The SMILES string of the molecule is Cc1ccc(C)c2[nH]c(=O)c([C@H](c3nnnn3C3CCCCC3)N3c4ccccc4C[C@@H]3C)cc12. The average Bonchev–Trinajstić information content (AvgIpc) is 3.48. The fraction of sp³-hybridized carbons (Fsp3) is 0.429. The van der Waals surface area contributed by atoms with Crippen molar-refractivity contribution in [3.63, 3.8) is 0 Å². The van der Waals surface area contributed by atoms with E-state index in [0.29, 0.717) is 5.56 Å². The summed E-state index contributed by atoms with van der Waals surface area (Å²) in [5.74, 6) is 0.760. The number of nitrogens with one attached hydrogen (secondary N) is 1. The van der Waals surface area contributed by atoms with E-state index in [4.69, 9.17) is 0 Å². The van der Waals surface area contributed by atoms with Crippen LogP contribution in [-0.4, -0.2) is 31.2 Å². The normalized spacial score (nSPS) is 19.3. The minimum atomic E-state index is -0.376. The van der Waals surface area contributed by atoms with Gasteiger partial charge in [0.15, 0.2) is 5.82 Å². The van der Waals surface area contributed by atoms with Gasteiger partial charge in [0.05, 0.1) is 11.6 Å². The highest BCUT2D eigenvalue weighted by atomic mass is 16.1. The molecule has 0 radical (unpaired) electrons. The number of pyridine rings is 1. The molecule has 6 rings (SSSR count). The zero-order valence-corrected chi connectivity index (χ0v) is 20.7. The van der Waals surface area contributed by atoms with Crippen LogP contribution in [0.15, 0.2) is 47.3 Å². The van der Waals surface area contributed by atoms with Crippen LogP contribution in [0.3, 0.4) is 0 Å². The molecule has 0 spiro atoms. The van der Waals surface area contributed by atoms with Crippen molar-refractivity contribution < 1.29 is 0 Å². The number of hydrogen-bond donors (Lipinski definition) is 1. The number of rotatable bonds is 4. The predicted octanol–water partition coefficient (Wildman–Crippen LogP) is 5.18. The van der Waals surface area contributed by atoms with Crippen LogP contribution in [0.2, 0.25) is 0 Å². The van der Waals surface area contributed by atoms with E-state index in [-0.39, 0.29) is 23.7 Å². The lowest BCUT2D eigenvalue weighted by Crippen LogP contribution is -2.39. The quantitative estimate of drug-likeness (QED) is 0.447. The van der Waals surface area contributed by atoms with Crippen LogP contribution in [0.25, 0.3) is 10.9 Å². The van der Waals surface area contributed by atoms with E-state index in [1.807, 2.05) is 11.6 Å². The van der Waals surface area contributed by atoms with Crippen LogP contribution in [0.5, 0.6) is 0 Å². The van der Waals surface area contributed by atoms with Gasteiger partial charge in [0, 0.05) is 22.7 Å². The Morgan fingerprint density at radius 1 is 1.03 bits per heavy atom. The Morgan fingerprint density at radius 3 is 2.63 bits per heavy atom. The Hall–Kier alpha value is -3.48. The van der Waals surface area contributed by atoms with Crippen molar-refractivity contribution in [3.8, 4) is 0 Å². The molecule has 3 heterocycles. The number of tetrazole rings is 1. The monoisotopic (exact) mass is 468 g/mol. The van der Waals surface area contributed by atoms with Crippen molar-refractivity contribution in [2.45, 2.75) is 77.4 Å². The van der Waals surface area contributed by atoms with E-state index in [1.54, 1.807) is 0 Å². The number of aromatic nitrogens is 5. The molecule has 2 aromatic carbocycles. The molecule has 1 fully saturated rings. The summed E-state index contributed by atoms with van der Waals surface area (Å²) in [7, 11) is 0. The number of hydrogen-bond acceptors (Lipinski definition) is 5. The number of aryl methyl sites for hydroxylation is 2. The molecule has 35 heavy (non-hydrogen) atoms. The van der Waals surface area contributed by atoms with Crippen LogP contribution in [0.4, 0.5) is 5.69 Å². The third-order valence-corrected chi connectivity index (χ3v) is 7.99. The standard InChI is InChI=1S/C28H32N6O/c1-17-13-14-18(2)25-22(17)16-23(28(35)29-25)26(33-19(3)15-20-9-7-8-12-24(20)33)27-30-31-32-34(27)21-10-5-4-6-11-21/h7-9,12-14,16,19,21,26H,4-6,10-11,15H2,1-3H3,(H,29,35)/t19-,26+/m0/s1. The number of benzene rings is 2. The molecule has 2 aliphatic rings. The van der Waals surface area contributed by atoms with Gasteiger partial charge in [0.1, 0.15) is 6.04 Å². The molecule has 0 bridgehead atoms. The summed E-state index contributed by atoms with van der Waals surface area (Å²) in [6.45, 7) is 6.36. The summed E-state index contributed by atoms with van der Waals surface area (Å²) in [5.41, 5.74) is 6.18. The molecule has 1 aliphatic heterocycles. The second-order valence-corrected chi connectivity index (χ2v) is 10.3. The predicted molar refractivity (Wildman–Crippen MR) is 138 cm³/mol. The fourth-order valence-corrected chi connectivity index (χ4v) is 6.16. The second kappa shape index (κ2) is 8.63. The number of para-hydroxylation sites is 1. The third kappa shape index (κ3) is 3.65. The van der Waals surface area contributed by atoms with Crippen LogP contribution in [0.1, 0.15) is 79.2 Å². The minimum absolute atomic E-state index is 0.0778. The summed E-state index contributed by atoms with van der Waals surface area (Å²) in [6, 6.07) is 14.9. The maximum atomic E-state index is 13.7. The summed E-state index contributed by atoms with van der Waals surface area (Å²) < 4.78 is 2.02. The van der Waals surface area contributed by atoms with Gasteiger partial charge < -0.3 is 9.88 Å². The Bertz CT molecular complexity index is 1450. The highest BCUT2D eigenvalue weighted by Crippen LogP contribution is 2.42. The Kier molecular flexibility index (Phi) is 5.43. The molecule has 7 nitrogen and oxygen atoms in total. The van der Waals surface area contributed by atoms with Gasteiger partial charge in [-0.3, -0.25) is 4.79 Å². The van der Waals surface area contributed by atoms with Gasteiger partial charge in [-0.05, 0) is 79.3 Å². The van der Waals surface area contributed by atoms with E-state index in [2.05, 4.69) is 81.7 Å². The van der Waals surface area contributed by atoms with Crippen molar-refractivity contribution in [3.05, 3.63) is 80.9 Å². The van der Waals surface area contributed by atoms with E-state index >= 15 is 0 Å². The third-order valence-electron chi connectivity index (χ3n) is 7.99. The molecular formula is C28H32N6O. The van der Waals surface area contributed by atoms with E-state index in [9.17, 15) is 4.79 Å².